The van der Waals surface area contributed by atoms with Crippen molar-refractivity contribution in [2.75, 3.05) is 0 Å². The highest BCUT2D eigenvalue weighted by molar-refractivity contribution is 6.08. The van der Waals surface area contributed by atoms with E-state index in [1.54, 1.807) is 0 Å². The van der Waals surface area contributed by atoms with Gasteiger partial charge in [-0.15, -0.1) is 0 Å². The van der Waals surface area contributed by atoms with Crippen molar-refractivity contribution in [3.8, 4) is 22.4 Å². The van der Waals surface area contributed by atoms with E-state index in [0.717, 1.165) is 58.3 Å². The summed E-state index contributed by atoms with van der Waals surface area (Å²) in [5.41, 5.74) is 13.8. The second-order valence-corrected chi connectivity index (χ2v) is 15.3. The molecule has 5 nitrogen and oxygen atoms in total. The van der Waals surface area contributed by atoms with Crippen LogP contribution in [-0.2, 0) is 0 Å². The Morgan fingerprint density at radius 2 is 1.55 bits per heavy atom. The van der Waals surface area contributed by atoms with Crippen molar-refractivity contribution in [1.82, 2.24) is 15.1 Å². The van der Waals surface area contributed by atoms with E-state index in [1.807, 2.05) is 12.1 Å². The summed E-state index contributed by atoms with van der Waals surface area (Å²) in [5.74, 6) is 1.30. The molecule has 4 aliphatic rings. The van der Waals surface area contributed by atoms with Crippen LogP contribution in [0.2, 0.25) is 0 Å². The third kappa shape index (κ3) is 5.53. The standard InChI is InChI=1S/C51H40N4O/c1-4-15-33(16-5-1)43-32-52-55-49(34-17-6-2-7-18-34)48(40-24-10-11-25-41(40)50(43)55)38-22-14-21-36(29-38)44-31-45(54-51(53-44)35-19-8-3-9-20-35)37-27-28-47-42(30-37)39-23-12-13-26-46(39)56-47/h1-8,10-17,19,21-32,34,44,48-49H,9,18,20H2,(H,53,54). The Morgan fingerprint density at radius 1 is 0.696 bits per heavy atom. The van der Waals surface area contributed by atoms with Gasteiger partial charge in [-0.2, -0.15) is 5.10 Å². The largest absolute Gasteiger partial charge is 0.456 e. The summed E-state index contributed by atoms with van der Waals surface area (Å²) in [5, 5.41) is 11.2. The fraction of sp³-hybridized carbons (Fsp3) is 0.137. The van der Waals surface area contributed by atoms with Crippen LogP contribution in [-0.4, -0.2) is 15.6 Å². The highest BCUT2D eigenvalue weighted by Gasteiger charge is 2.40. The Bertz CT molecular complexity index is 2840. The number of nitrogens with one attached hydrogen (secondary N) is 1. The van der Waals surface area contributed by atoms with Gasteiger partial charge in [-0.25, -0.2) is 0 Å². The van der Waals surface area contributed by atoms with Crippen LogP contribution >= 0.6 is 0 Å². The van der Waals surface area contributed by atoms with Gasteiger partial charge in [0.15, 0.2) is 0 Å². The summed E-state index contributed by atoms with van der Waals surface area (Å²) in [7, 11) is 0. The van der Waals surface area contributed by atoms with Crippen LogP contribution in [0.25, 0.3) is 50.0 Å². The van der Waals surface area contributed by atoms with Crippen molar-refractivity contribution in [3.05, 3.63) is 204 Å². The Balaban J connectivity index is 1.05. The zero-order valence-electron chi connectivity index (χ0n) is 30.9. The number of benzene rings is 5. The third-order valence-corrected chi connectivity index (χ3v) is 12.0. The smallest absolute Gasteiger partial charge is 0.135 e. The monoisotopic (exact) mass is 724 g/mol. The lowest BCUT2D eigenvalue weighted by molar-refractivity contribution is 0.318. The second-order valence-electron chi connectivity index (χ2n) is 15.3. The van der Waals surface area contributed by atoms with Gasteiger partial charge in [0.2, 0.25) is 0 Å². The number of hydrogen-bond acceptors (Lipinski definition) is 4. The number of rotatable bonds is 6. The zero-order valence-corrected chi connectivity index (χ0v) is 30.9. The molecule has 56 heavy (non-hydrogen) atoms. The Labute approximate surface area is 326 Å². The molecule has 5 aromatic carbocycles. The predicted molar refractivity (Wildman–Crippen MR) is 228 cm³/mol. The molecule has 4 unspecified atom stereocenters. The van der Waals surface area contributed by atoms with Crippen molar-refractivity contribution in [1.29, 1.82) is 0 Å². The number of furan rings is 1. The zero-order chi connectivity index (χ0) is 37.0. The molecule has 0 fully saturated rings. The van der Waals surface area contributed by atoms with Gasteiger partial charge in [0.1, 0.15) is 17.0 Å². The van der Waals surface area contributed by atoms with Crippen LogP contribution in [0.1, 0.15) is 59.5 Å². The molecule has 0 radical (unpaired) electrons. The van der Waals surface area contributed by atoms with Crippen molar-refractivity contribution in [2.45, 2.75) is 37.3 Å². The van der Waals surface area contributed by atoms with Gasteiger partial charge in [0.05, 0.1) is 24.0 Å². The fourth-order valence-electron chi connectivity index (χ4n) is 9.32. The van der Waals surface area contributed by atoms with Gasteiger partial charge in [0.25, 0.3) is 0 Å². The third-order valence-electron chi connectivity index (χ3n) is 12.0. The second kappa shape index (κ2) is 13.5. The van der Waals surface area contributed by atoms with Gasteiger partial charge in [-0.1, -0.05) is 140 Å². The number of hydrogen-bond donors (Lipinski definition) is 1. The maximum absolute atomic E-state index is 6.20. The highest BCUT2D eigenvalue weighted by atomic mass is 16.3. The van der Waals surface area contributed by atoms with E-state index in [4.69, 9.17) is 14.5 Å². The first-order chi connectivity index (χ1) is 27.8. The quantitative estimate of drug-likeness (QED) is 0.186. The van der Waals surface area contributed by atoms with E-state index in [-0.39, 0.29) is 23.9 Å². The number of aromatic nitrogens is 2. The summed E-state index contributed by atoms with van der Waals surface area (Å²) in [6, 6.07) is 43.6. The average Bonchev–Trinajstić information content (AvgIpc) is 3.89. The molecule has 0 saturated carbocycles. The molecule has 0 saturated heterocycles. The lowest BCUT2D eigenvalue weighted by Gasteiger charge is -2.39. The van der Waals surface area contributed by atoms with Gasteiger partial charge in [-0.3, -0.25) is 9.67 Å². The fourth-order valence-corrected chi connectivity index (χ4v) is 9.32. The van der Waals surface area contributed by atoms with E-state index in [0.29, 0.717) is 0 Å². The molecule has 270 valence electrons. The van der Waals surface area contributed by atoms with Crippen LogP contribution in [0.15, 0.2) is 191 Å². The molecule has 4 atom stereocenters. The molecule has 2 aliphatic heterocycles. The van der Waals surface area contributed by atoms with Gasteiger partial charge < -0.3 is 9.73 Å². The van der Waals surface area contributed by atoms with Crippen LogP contribution in [0, 0.1) is 5.92 Å². The first-order valence-corrected chi connectivity index (χ1v) is 19.8. The van der Waals surface area contributed by atoms with Crippen molar-refractivity contribution >= 4 is 33.5 Å². The molecule has 4 heterocycles. The molecule has 0 spiro atoms. The minimum absolute atomic E-state index is 0.0832. The molecular formula is C51H40N4O. The molecule has 2 aromatic heterocycles. The summed E-state index contributed by atoms with van der Waals surface area (Å²) in [6.45, 7) is 0. The predicted octanol–water partition coefficient (Wildman–Crippen LogP) is 12.3. The Morgan fingerprint density at radius 3 is 2.45 bits per heavy atom. The summed E-state index contributed by atoms with van der Waals surface area (Å²) < 4.78 is 8.54. The molecule has 1 N–H and O–H groups in total. The topological polar surface area (TPSA) is 55.4 Å². The van der Waals surface area contributed by atoms with Crippen LogP contribution < -0.4 is 5.32 Å². The summed E-state index contributed by atoms with van der Waals surface area (Å²) in [4.78, 5) is 5.44. The number of amidine groups is 1. The van der Waals surface area contributed by atoms with E-state index >= 15 is 0 Å². The molecule has 5 heteroatoms. The maximum atomic E-state index is 6.20. The van der Waals surface area contributed by atoms with Crippen LogP contribution in [0.5, 0.6) is 0 Å². The van der Waals surface area contributed by atoms with Gasteiger partial charge in [0, 0.05) is 39.4 Å². The summed E-state index contributed by atoms with van der Waals surface area (Å²) >= 11 is 0. The lowest BCUT2D eigenvalue weighted by Crippen LogP contribution is -2.31. The Hall–Kier alpha value is -6.72. The maximum Gasteiger partial charge on any atom is 0.135 e. The number of para-hydroxylation sites is 1. The van der Waals surface area contributed by atoms with Gasteiger partial charge >= 0.3 is 0 Å². The van der Waals surface area contributed by atoms with E-state index in [9.17, 15) is 0 Å². The van der Waals surface area contributed by atoms with Crippen molar-refractivity contribution in [3.63, 3.8) is 0 Å². The molecular weight excluding hydrogens is 685 g/mol. The van der Waals surface area contributed by atoms with Crippen LogP contribution in [0.3, 0.4) is 0 Å². The molecule has 11 rings (SSSR count). The van der Waals surface area contributed by atoms with E-state index < -0.39 is 0 Å². The number of nitrogens with zero attached hydrogens (tertiary/aromatic N) is 3. The van der Waals surface area contributed by atoms with E-state index in [2.05, 4.69) is 174 Å². The van der Waals surface area contributed by atoms with Gasteiger partial charge in [-0.05, 0) is 83.0 Å². The SMILES string of the molecule is C1=CCCC(C2=NC(c3cccc(C4c5ccccc5-c5c(-c6ccccc6)cnn5C4C4C=CC=CC4)c3)C=C(c3ccc4oc5ccccc5c4c3)N2)=C1. The van der Waals surface area contributed by atoms with E-state index in [1.165, 1.54) is 44.6 Å². The Kier molecular flexibility index (Phi) is 7.90. The minimum atomic E-state index is -0.176. The average molecular weight is 725 g/mol. The van der Waals surface area contributed by atoms with Crippen molar-refractivity contribution in [2.24, 2.45) is 10.9 Å². The number of aliphatic imine (C=N–C) groups is 1. The van der Waals surface area contributed by atoms with Crippen molar-refractivity contribution < 1.29 is 4.42 Å². The molecule has 2 aliphatic carbocycles. The summed E-state index contributed by atoms with van der Waals surface area (Å²) in [6.07, 6.45) is 23.0. The lowest BCUT2D eigenvalue weighted by atomic mass is 9.72. The number of allylic oxidation sites excluding steroid dienone is 7. The normalized spacial score (nSPS) is 21.2. The first-order valence-electron chi connectivity index (χ1n) is 19.8. The molecule has 0 amide bonds. The van der Waals surface area contributed by atoms with Crippen LogP contribution in [0.4, 0.5) is 0 Å². The minimum Gasteiger partial charge on any atom is -0.456 e. The molecule has 7 aromatic rings. The highest BCUT2D eigenvalue weighted by Crippen LogP contribution is 2.52. The first kappa shape index (κ1) is 32.7. The molecule has 0 bridgehead atoms. The number of fused-ring (bicyclic) bond motifs is 6.